The second-order valence-corrected chi connectivity index (χ2v) is 21.8. The smallest absolute Gasteiger partial charge is 0.489 e. The minimum Gasteiger partial charge on any atom is -0.497 e. The van der Waals surface area contributed by atoms with Crippen molar-refractivity contribution in [2.75, 3.05) is 14.2 Å². The third kappa shape index (κ3) is 13.6. The number of rotatable bonds is 10. The van der Waals surface area contributed by atoms with Crippen molar-refractivity contribution in [2.24, 2.45) is 11.8 Å². The first-order valence-electron chi connectivity index (χ1n) is 24.7. The number of benzene rings is 4. The van der Waals surface area contributed by atoms with Gasteiger partial charge in [-0.1, -0.05) is 78.7 Å². The number of esters is 2. The molecule has 70 heavy (non-hydrogen) atoms. The fraction of sp³-hybridized carbons (Fsp3) is 0.448. The lowest BCUT2D eigenvalue weighted by atomic mass is 9.76. The third-order valence-corrected chi connectivity index (χ3v) is 14.0. The molecule has 4 aromatic rings. The fourth-order valence-corrected chi connectivity index (χ4v) is 11.0. The summed E-state index contributed by atoms with van der Waals surface area (Å²) in [6.45, 7) is 14.3. The van der Waals surface area contributed by atoms with Gasteiger partial charge in [-0.05, 0) is 198 Å². The predicted octanol–water partition coefficient (Wildman–Crippen LogP) is 12.4. The maximum Gasteiger partial charge on any atom is 0.489 e. The minimum absolute atomic E-state index is 0.0322. The van der Waals surface area contributed by atoms with Gasteiger partial charge in [-0.25, -0.2) is 9.59 Å². The van der Waals surface area contributed by atoms with Gasteiger partial charge in [0.2, 0.25) is 0 Å². The number of Topliss-reactive ketones (excluding diaryl/α,β-unsaturated/α-hetero) is 2. The van der Waals surface area contributed by atoms with E-state index in [4.69, 9.17) is 29.0 Å². The second kappa shape index (κ2) is 23.3. The number of ether oxygens (including phenoxy) is 4. The average Bonchev–Trinajstić information content (AvgIpc) is 3.87. The summed E-state index contributed by atoms with van der Waals surface area (Å²) < 4.78 is 22.7. The van der Waals surface area contributed by atoms with Crippen molar-refractivity contribution in [3.8, 4) is 11.5 Å². The molecule has 4 aliphatic carbocycles. The lowest BCUT2D eigenvalue weighted by Gasteiger charge is -2.26. The van der Waals surface area contributed by atoms with Crippen LogP contribution in [0.1, 0.15) is 189 Å². The zero-order valence-corrected chi connectivity index (χ0v) is 44.3. The van der Waals surface area contributed by atoms with Crippen molar-refractivity contribution in [1.29, 1.82) is 0 Å². The van der Waals surface area contributed by atoms with E-state index in [1.165, 1.54) is 115 Å². The molecular weight excluding hydrogens is 947 g/mol. The maximum absolute atomic E-state index is 12.7. The van der Waals surface area contributed by atoms with E-state index >= 15 is 0 Å². The van der Waals surface area contributed by atoms with Crippen molar-refractivity contribution in [1.82, 2.24) is 0 Å². The van der Waals surface area contributed by atoms with Gasteiger partial charge in [0.05, 0.1) is 25.3 Å². The van der Waals surface area contributed by atoms with Crippen LogP contribution in [0.25, 0.3) is 16.7 Å². The number of hydrogen-bond acceptors (Lipinski definition) is 10. The van der Waals surface area contributed by atoms with Crippen LogP contribution in [0, 0.1) is 11.8 Å². The number of hydrogen-bond donors (Lipinski definition) is 2. The van der Waals surface area contributed by atoms with E-state index in [2.05, 4.69) is 28.1 Å². The van der Waals surface area contributed by atoms with Crippen LogP contribution in [-0.4, -0.2) is 66.1 Å². The Morgan fingerprint density at radius 1 is 0.557 bits per heavy atom. The van der Waals surface area contributed by atoms with Gasteiger partial charge in [0.25, 0.3) is 0 Å². The molecule has 0 unspecified atom stereocenters. The summed E-state index contributed by atoms with van der Waals surface area (Å²) in [7, 11) is 1.46. The van der Waals surface area contributed by atoms with Crippen LogP contribution in [0.2, 0.25) is 0 Å². The molecule has 2 fully saturated rings. The molecule has 12 heteroatoms. The van der Waals surface area contributed by atoms with Crippen LogP contribution in [0.15, 0.2) is 77.3 Å². The molecule has 8 rings (SSSR count). The second-order valence-electron chi connectivity index (χ2n) is 20.8. The summed E-state index contributed by atoms with van der Waals surface area (Å²) in [4.78, 5) is 48.7. The van der Waals surface area contributed by atoms with Gasteiger partial charge in [0, 0.05) is 22.0 Å². The molecule has 372 valence electrons. The number of carbonyl (C=O) groups is 4. The summed E-state index contributed by atoms with van der Waals surface area (Å²) in [5, 5.41) is 18.0. The van der Waals surface area contributed by atoms with Crippen molar-refractivity contribution >= 4 is 68.7 Å². The topological polar surface area (TPSA) is 146 Å². The zero-order valence-electron chi connectivity index (χ0n) is 42.7. The number of fused-ring (bicyclic) bond motifs is 2. The predicted molar refractivity (Wildman–Crippen MR) is 282 cm³/mol. The van der Waals surface area contributed by atoms with Crippen molar-refractivity contribution < 1.29 is 48.2 Å². The quantitative estimate of drug-likeness (QED) is 0.0894. The molecule has 0 heterocycles. The van der Waals surface area contributed by atoms with Gasteiger partial charge in [0.15, 0.2) is 11.6 Å². The maximum atomic E-state index is 12.7. The van der Waals surface area contributed by atoms with Gasteiger partial charge >= 0.3 is 19.1 Å². The number of methoxy groups -OCH3 is 2. The summed E-state index contributed by atoms with van der Waals surface area (Å²) in [5.41, 5.74) is 11.4. The molecule has 0 aromatic heterocycles. The molecule has 2 N–H and O–H groups in total. The Balaban J connectivity index is 0.000000188. The molecule has 10 nitrogen and oxygen atoms in total. The zero-order chi connectivity index (χ0) is 51.1. The van der Waals surface area contributed by atoms with E-state index < -0.39 is 18.3 Å². The highest BCUT2D eigenvalue weighted by Gasteiger charge is 2.33. The number of halogens is 1. The Hall–Kier alpha value is -5.30. The summed E-state index contributed by atoms with van der Waals surface area (Å²) >= 11 is 3.79. The van der Waals surface area contributed by atoms with Crippen LogP contribution in [0.4, 0.5) is 0 Å². The van der Waals surface area contributed by atoms with Gasteiger partial charge in [-0.3, -0.25) is 9.59 Å². The standard InChI is InChI=1S/C29H34O4.C20H25BrO2.C9H11BO4/c1-18(30)25-17-22(32-5)12-14-24(25)26-16-21-15-20(28(31)33-29(2,3)4)11-13-23(21)27(26)19-9-7-6-8-10-19;1-20(2,3)23-19(22)14-9-10-16-15(11-14)12-17(21)18(16)13-7-5-4-6-8-13;1-6(11)8-5-7(14-2)3-4-9(8)10(12)13/h11-15,17,19H,6-10,16H2,1-5H3;9-11,13H,4-8,12H2,1-3H3;3-5,12-13H,1-2H3. The third-order valence-electron chi connectivity index (χ3n) is 13.3. The highest BCUT2D eigenvalue weighted by molar-refractivity contribution is 9.11. The van der Waals surface area contributed by atoms with Crippen molar-refractivity contribution in [3.05, 3.63) is 127 Å². The molecule has 0 radical (unpaired) electrons. The van der Waals surface area contributed by atoms with Crippen molar-refractivity contribution in [2.45, 2.75) is 144 Å². The molecule has 2 saturated carbocycles. The summed E-state index contributed by atoms with van der Waals surface area (Å²) in [5.74, 6) is 1.62. The fourth-order valence-electron chi connectivity index (χ4n) is 10.1. The van der Waals surface area contributed by atoms with Gasteiger partial charge in [-0.2, -0.15) is 0 Å². The molecule has 0 aliphatic heterocycles. The minimum atomic E-state index is -1.64. The van der Waals surface area contributed by atoms with E-state index in [0.717, 1.165) is 30.4 Å². The van der Waals surface area contributed by atoms with Gasteiger partial charge in [-0.15, -0.1) is 0 Å². The molecule has 4 aromatic carbocycles. The highest BCUT2D eigenvalue weighted by Crippen LogP contribution is 2.49. The average molecular weight is 1020 g/mol. The molecule has 0 spiro atoms. The van der Waals surface area contributed by atoms with E-state index in [-0.39, 0.29) is 34.5 Å². The SMILES string of the molecule is CC(C)(C)OC(=O)c1ccc2c(c1)CC(Br)=C2C1CCCCC1.COc1ccc(B(O)O)c(C(C)=O)c1.COc1ccc(C2=C(C3CCCCC3)c3ccc(C(=O)OC(C)(C)C)cc3C2)c(C(C)=O)c1. The van der Waals surface area contributed by atoms with Crippen LogP contribution >= 0.6 is 15.9 Å². The Labute approximate surface area is 423 Å². The molecule has 0 bridgehead atoms. The molecule has 0 amide bonds. The molecule has 0 saturated heterocycles. The normalized spacial score (nSPS) is 16.0. The van der Waals surface area contributed by atoms with Crippen LogP contribution < -0.4 is 14.9 Å². The lowest BCUT2D eigenvalue weighted by molar-refractivity contribution is 0.00569. The molecular formula is C58H70BBrO10. The van der Waals surface area contributed by atoms with E-state index in [9.17, 15) is 19.2 Å². The summed E-state index contributed by atoms with van der Waals surface area (Å²) in [6, 6.07) is 22.3. The molecule has 4 aliphatic rings. The monoisotopic (exact) mass is 1020 g/mol. The number of allylic oxidation sites excluding steroid dienone is 4. The Morgan fingerprint density at radius 2 is 0.986 bits per heavy atom. The van der Waals surface area contributed by atoms with E-state index in [0.29, 0.717) is 46.4 Å². The van der Waals surface area contributed by atoms with E-state index in [1.54, 1.807) is 20.1 Å². The highest BCUT2D eigenvalue weighted by atomic mass is 79.9. The first-order chi connectivity index (χ1) is 33.1. The van der Waals surface area contributed by atoms with Crippen molar-refractivity contribution in [3.63, 3.8) is 0 Å². The van der Waals surface area contributed by atoms with Crippen LogP contribution in [0.5, 0.6) is 11.5 Å². The Kier molecular flexibility index (Phi) is 18.0. The summed E-state index contributed by atoms with van der Waals surface area (Å²) in [6.07, 6.45) is 14.3. The first kappa shape index (κ1) is 54.0. The largest absolute Gasteiger partial charge is 0.497 e. The number of ketones is 2. The number of carbonyl (C=O) groups excluding carboxylic acids is 4. The first-order valence-corrected chi connectivity index (χ1v) is 25.5. The van der Waals surface area contributed by atoms with Gasteiger partial charge in [0.1, 0.15) is 22.7 Å². The lowest BCUT2D eigenvalue weighted by Crippen LogP contribution is -2.34. The van der Waals surface area contributed by atoms with Gasteiger partial charge < -0.3 is 29.0 Å². The Bertz CT molecular complexity index is 2650. The Morgan fingerprint density at radius 3 is 1.44 bits per heavy atom. The van der Waals surface area contributed by atoms with E-state index in [1.807, 2.05) is 84.0 Å². The van der Waals surface area contributed by atoms with Crippen LogP contribution in [-0.2, 0) is 22.3 Å². The molecule has 0 atom stereocenters. The van der Waals surface area contributed by atoms with Crippen LogP contribution in [0.3, 0.4) is 0 Å².